The lowest BCUT2D eigenvalue weighted by molar-refractivity contribution is 0.640. The Kier molecular flexibility index (Phi) is 4.01. The average molecular weight is 283 g/mol. The predicted octanol–water partition coefficient (Wildman–Crippen LogP) is 1.82. The molecule has 2 N–H and O–H groups in total. The van der Waals surface area contributed by atoms with Crippen molar-refractivity contribution < 1.29 is 0 Å². The molecule has 1 aliphatic heterocycles. The fourth-order valence-electron chi connectivity index (χ4n) is 2.61. The van der Waals surface area contributed by atoms with E-state index in [1.54, 1.807) is 12.4 Å². The van der Waals surface area contributed by atoms with E-state index in [9.17, 15) is 0 Å². The van der Waals surface area contributed by atoms with E-state index >= 15 is 0 Å². The van der Waals surface area contributed by atoms with Gasteiger partial charge in [0.05, 0.1) is 0 Å². The Bertz CT molecular complexity index is 559. The molecule has 21 heavy (non-hydrogen) atoms. The van der Waals surface area contributed by atoms with Crippen molar-refractivity contribution in [1.82, 2.24) is 9.97 Å². The topological polar surface area (TPSA) is 58.3 Å². The van der Waals surface area contributed by atoms with E-state index < -0.39 is 0 Å². The lowest BCUT2D eigenvalue weighted by Gasteiger charge is -2.36. The molecule has 110 valence electrons. The van der Waals surface area contributed by atoms with Crippen LogP contribution in [-0.2, 0) is 0 Å². The summed E-state index contributed by atoms with van der Waals surface area (Å²) in [5.74, 6) is 0.824. The second kappa shape index (κ2) is 6.10. The molecule has 0 saturated carbocycles. The molecule has 2 heterocycles. The van der Waals surface area contributed by atoms with Crippen LogP contribution in [0.4, 0.5) is 11.6 Å². The van der Waals surface area contributed by atoms with Gasteiger partial charge in [0, 0.05) is 50.3 Å². The Morgan fingerprint density at radius 1 is 0.952 bits per heavy atom. The van der Waals surface area contributed by atoms with Crippen molar-refractivity contribution >= 4 is 11.6 Å². The molecular weight excluding hydrogens is 262 g/mol. The monoisotopic (exact) mass is 283 g/mol. The Morgan fingerprint density at radius 2 is 1.52 bits per heavy atom. The highest BCUT2D eigenvalue weighted by atomic mass is 15.3. The van der Waals surface area contributed by atoms with Crippen LogP contribution in [0.2, 0.25) is 0 Å². The Labute approximate surface area is 125 Å². The lowest BCUT2D eigenvalue weighted by Crippen LogP contribution is -2.47. The van der Waals surface area contributed by atoms with Crippen molar-refractivity contribution in [3.63, 3.8) is 0 Å². The first-order chi connectivity index (χ1) is 10.2. The van der Waals surface area contributed by atoms with Gasteiger partial charge in [0.25, 0.3) is 0 Å². The Hall–Kier alpha value is -2.14. The van der Waals surface area contributed by atoms with Crippen LogP contribution in [-0.4, -0.2) is 36.1 Å². The fraction of sp³-hybridized carbons (Fsp3) is 0.375. The molecule has 1 aliphatic rings. The predicted molar refractivity (Wildman–Crippen MR) is 85.5 cm³/mol. The number of hydrogen-bond donors (Lipinski definition) is 1. The van der Waals surface area contributed by atoms with Gasteiger partial charge in [0.1, 0.15) is 0 Å². The number of hydrogen-bond acceptors (Lipinski definition) is 5. The molecule has 1 fully saturated rings. The molecule has 1 saturated heterocycles. The van der Waals surface area contributed by atoms with Gasteiger partial charge >= 0.3 is 0 Å². The molecule has 1 aromatic carbocycles. The lowest BCUT2D eigenvalue weighted by atomic mass is 10.1. The molecule has 3 rings (SSSR count). The summed E-state index contributed by atoms with van der Waals surface area (Å²) in [6, 6.07) is 10.5. The summed E-state index contributed by atoms with van der Waals surface area (Å²) < 4.78 is 0. The van der Waals surface area contributed by atoms with Gasteiger partial charge in [-0.2, -0.15) is 0 Å². The van der Waals surface area contributed by atoms with Crippen LogP contribution in [0.1, 0.15) is 18.5 Å². The van der Waals surface area contributed by atoms with Crippen LogP contribution >= 0.6 is 0 Å². The zero-order valence-electron chi connectivity index (χ0n) is 12.3. The first-order valence-corrected chi connectivity index (χ1v) is 7.36. The summed E-state index contributed by atoms with van der Waals surface area (Å²) in [4.78, 5) is 13.2. The van der Waals surface area contributed by atoms with Crippen molar-refractivity contribution in [2.45, 2.75) is 13.0 Å². The van der Waals surface area contributed by atoms with Crippen molar-refractivity contribution in [3.05, 3.63) is 48.3 Å². The first kappa shape index (κ1) is 13.8. The molecular formula is C16H21N5. The molecule has 1 aromatic heterocycles. The number of anilines is 2. The normalized spacial score (nSPS) is 16.9. The van der Waals surface area contributed by atoms with Crippen LogP contribution in [0.5, 0.6) is 0 Å². The molecule has 1 atom stereocenters. The third-order valence-electron chi connectivity index (χ3n) is 3.90. The molecule has 2 aromatic rings. The van der Waals surface area contributed by atoms with Gasteiger partial charge in [-0.25, -0.2) is 9.97 Å². The van der Waals surface area contributed by atoms with Crippen LogP contribution in [0, 0.1) is 0 Å². The van der Waals surface area contributed by atoms with Crippen LogP contribution < -0.4 is 15.5 Å². The van der Waals surface area contributed by atoms with Gasteiger partial charge in [-0.05, 0) is 30.7 Å². The SMILES string of the molecule is CC(N)c1ccc(N2CCN(c3ncccn3)CC2)cc1. The number of nitrogens with zero attached hydrogens (tertiary/aromatic N) is 4. The smallest absolute Gasteiger partial charge is 0.225 e. The van der Waals surface area contributed by atoms with Gasteiger partial charge in [0.2, 0.25) is 5.95 Å². The minimum Gasteiger partial charge on any atom is -0.368 e. The Morgan fingerprint density at radius 3 is 2.10 bits per heavy atom. The minimum atomic E-state index is 0.0890. The fourth-order valence-corrected chi connectivity index (χ4v) is 2.61. The highest BCUT2D eigenvalue weighted by Gasteiger charge is 2.18. The highest BCUT2D eigenvalue weighted by molar-refractivity contribution is 5.49. The Balaban J connectivity index is 1.63. The maximum Gasteiger partial charge on any atom is 0.225 e. The van der Waals surface area contributed by atoms with Crippen molar-refractivity contribution in [2.24, 2.45) is 5.73 Å². The van der Waals surface area contributed by atoms with E-state index in [0.717, 1.165) is 32.1 Å². The quantitative estimate of drug-likeness (QED) is 0.931. The van der Waals surface area contributed by atoms with Crippen molar-refractivity contribution in [3.8, 4) is 0 Å². The van der Waals surface area contributed by atoms with Gasteiger partial charge in [-0.15, -0.1) is 0 Å². The number of aromatic nitrogens is 2. The highest BCUT2D eigenvalue weighted by Crippen LogP contribution is 2.20. The summed E-state index contributed by atoms with van der Waals surface area (Å²) in [5, 5.41) is 0. The van der Waals surface area contributed by atoms with Crippen LogP contribution in [0.25, 0.3) is 0 Å². The molecule has 0 radical (unpaired) electrons. The van der Waals surface area contributed by atoms with Crippen LogP contribution in [0.15, 0.2) is 42.7 Å². The second-order valence-corrected chi connectivity index (χ2v) is 5.40. The van der Waals surface area contributed by atoms with Gasteiger partial charge < -0.3 is 15.5 Å². The standard InChI is InChI=1S/C16H21N5/c1-13(17)14-3-5-15(6-4-14)20-9-11-21(12-10-20)16-18-7-2-8-19-16/h2-8,13H,9-12,17H2,1H3. The number of rotatable bonds is 3. The van der Waals surface area contributed by atoms with E-state index in [2.05, 4.69) is 44.0 Å². The van der Waals surface area contributed by atoms with Gasteiger partial charge in [-0.3, -0.25) is 0 Å². The largest absolute Gasteiger partial charge is 0.368 e. The summed E-state index contributed by atoms with van der Waals surface area (Å²) >= 11 is 0. The summed E-state index contributed by atoms with van der Waals surface area (Å²) in [6.07, 6.45) is 3.59. The zero-order valence-corrected chi connectivity index (χ0v) is 12.3. The average Bonchev–Trinajstić information content (AvgIpc) is 2.56. The van der Waals surface area contributed by atoms with Gasteiger partial charge in [-0.1, -0.05) is 12.1 Å². The maximum atomic E-state index is 5.89. The summed E-state index contributed by atoms with van der Waals surface area (Å²) in [7, 11) is 0. The van der Waals surface area contributed by atoms with E-state index in [1.807, 2.05) is 13.0 Å². The maximum absolute atomic E-state index is 5.89. The third-order valence-corrected chi connectivity index (χ3v) is 3.90. The molecule has 0 aliphatic carbocycles. The molecule has 0 amide bonds. The molecule has 1 unspecified atom stereocenters. The first-order valence-electron chi connectivity index (χ1n) is 7.36. The van der Waals surface area contributed by atoms with Crippen molar-refractivity contribution in [2.75, 3.05) is 36.0 Å². The molecule has 5 nitrogen and oxygen atoms in total. The van der Waals surface area contributed by atoms with Crippen LogP contribution in [0.3, 0.4) is 0 Å². The molecule has 0 bridgehead atoms. The molecule has 5 heteroatoms. The van der Waals surface area contributed by atoms with E-state index in [4.69, 9.17) is 5.73 Å². The van der Waals surface area contributed by atoms with E-state index in [0.29, 0.717) is 0 Å². The minimum absolute atomic E-state index is 0.0890. The number of nitrogens with two attached hydrogens (primary N) is 1. The van der Waals surface area contributed by atoms with E-state index in [-0.39, 0.29) is 6.04 Å². The summed E-state index contributed by atoms with van der Waals surface area (Å²) in [5.41, 5.74) is 8.32. The summed E-state index contributed by atoms with van der Waals surface area (Å²) in [6.45, 7) is 5.86. The second-order valence-electron chi connectivity index (χ2n) is 5.40. The third kappa shape index (κ3) is 3.13. The molecule has 0 spiro atoms. The van der Waals surface area contributed by atoms with Gasteiger partial charge in [0.15, 0.2) is 0 Å². The zero-order chi connectivity index (χ0) is 14.7. The van der Waals surface area contributed by atoms with Crippen molar-refractivity contribution in [1.29, 1.82) is 0 Å². The number of piperazine rings is 1. The van der Waals surface area contributed by atoms with E-state index in [1.165, 1.54) is 11.3 Å². The number of benzene rings is 1.